The predicted octanol–water partition coefficient (Wildman–Crippen LogP) is 2.58. The summed E-state index contributed by atoms with van der Waals surface area (Å²) in [4.78, 5) is 4.21. The van der Waals surface area contributed by atoms with Crippen molar-refractivity contribution in [1.82, 2.24) is 10.6 Å². The van der Waals surface area contributed by atoms with Gasteiger partial charge in [-0.2, -0.15) is 0 Å². The van der Waals surface area contributed by atoms with Gasteiger partial charge in [-0.05, 0) is 31.7 Å². The molecule has 0 aliphatic rings. The van der Waals surface area contributed by atoms with Crippen LogP contribution in [-0.4, -0.2) is 25.6 Å². The number of nitrogens with zero attached hydrogens (tertiary/aromatic N) is 1. The Morgan fingerprint density at radius 3 is 2.61 bits per heavy atom. The number of benzene rings is 1. The SMILES string of the molecule is CCCNC(=NC)NC(C)CCc1ccccc1. The summed E-state index contributed by atoms with van der Waals surface area (Å²) in [5, 5.41) is 6.70. The first-order valence-corrected chi connectivity index (χ1v) is 6.77. The predicted molar refractivity (Wildman–Crippen MR) is 79.0 cm³/mol. The van der Waals surface area contributed by atoms with E-state index < -0.39 is 0 Å². The molecule has 0 saturated heterocycles. The summed E-state index contributed by atoms with van der Waals surface area (Å²) in [6.45, 7) is 5.31. The highest BCUT2D eigenvalue weighted by Gasteiger charge is 2.04. The van der Waals surface area contributed by atoms with Crippen molar-refractivity contribution in [2.45, 2.75) is 39.2 Å². The lowest BCUT2D eigenvalue weighted by molar-refractivity contribution is 0.592. The summed E-state index contributed by atoms with van der Waals surface area (Å²) < 4.78 is 0. The molecule has 0 radical (unpaired) electrons. The van der Waals surface area contributed by atoms with E-state index >= 15 is 0 Å². The highest BCUT2D eigenvalue weighted by molar-refractivity contribution is 5.79. The Labute approximate surface area is 111 Å². The van der Waals surface area contributed by atoms with Gasteiger partial charge in [0, 0.05) is 19.6 Å². The van der Waals surface area contributed by atoms with Crippen LogP contribution in [0.2, 0.25) is 0 Å². The van der Waals surface area contributed by atoms with E-state index in [2.05, 4.69) is 59.8 Å². The number of aryl methyl sites for hydroxylation is 1. The molecule has 0 aromatic heterocycles. The van der Waals surface area contributed by atoms with Crippen LogP contribution in [0.15, 0.2) is 35.3 Å². The van der Waals surface area contributed by atoms with Crippen LogP contribution in [-0.2, 0) is 6.42 Å². The Balaban J connectivity index is 2.30. The summed E-state index contributed by atoms with van der Waals surface area (Å²) in [6.07, 6.45) is 3.32. The number of aliphatic imine (C=N–C) groups is 1. The first kappa shape index (κ1) is 14.6. The molecule has 0 heterocycles. The second-order valence-electron chi connectivity index (χ2n) is 4.57. The van der Waals surface area contributed by atoms with E-state index in [1.165, 1.54) is 5.56 Å². The first-order valence-electron chi connectivity index (χ1n) is 6.77. The molecule has 0 bridgehead atoms. The Morgan fingerprint density at radius 2 is 2.00 bits per heavy atom. The van der Waals surface area contributed by atoms with E-state index in [0.717, 1.165) is 31.8 Å². The van der Waals surface area contributed by atoms with Gasteiger partial charge < -0.3 is 10.6 Å². The molecule has 0 spiro atoms. The molecule has 1 unspecified atom stereocenters. The molecule has 1 atom stereocenters. The van der Waals surface area contributed by atoms with Gasteiger partial charge in [-0.3, -0.25) is 4.99 Å². The van der Waals surface area contributed by atoms with Gasteiger partial charge in [-0.25, -0.2) is 0 Å². The Bertz CT molecular complexity index is 346. The van der Waals surface area contributed by atoms with Crippen LogP contribution < -0.4 is 10.6 Å². The van der Waals surface area contributed by atoms with E-state index in [-0.39, 0.29) is 0 Å². The normalized spacial score (nSPS) is 13.2. The number of hydrogen-bond acceptors (Lipinski definition) is 1. The van der Waals surface area contributed by atoms with Crippen LogP contribution in [0.3, 0.4) is 0 Å². The molecule has 3 heteroatoms. The molecule has 18 heavy (non-hydrogen) atoms. The number of nitrogens with one attached hydrogen (secondary N) is 2. The first-order chi connectivity index (χ1) is 8.76. The van der Waals surface area contributed by atoms with Crippen LogP contribution in [0.1, 0.15) is 32.3 Å². The molecule has 0 amide bonds. The van der Waals surface area contributed by atoms with E-state index in [4.69, 9.17) is 0 Å². The summed E-state index contributed by atoms with van der Waals surface area (Å²) >= 11 is 0. The molecule has 0 fully saturated rings. The van der Waals surface area contributed by atoms with E-state index in [0.29, 0.717) is 6.04 Å². The van der Waals surface area contributed by atoms with Crippen molar-refractivity contribution in [3.05, 3.63) is 35.9 Å². The van der Waals surface area contributed by atoms with Gasteiger partial charge in [0.1, 0.15) is 0 Å². The molecule has 3 nitrogen and oxygen atoms in total. The van der Waals surface area contributed by atoms with Crippen LogP contribution in [0.25, 0.3) is 0 Å². The molecular formula is C15H25N3. The summed E-state index contributed by atoms with van der Waals surface area (Å²) in [5.41, 5.74) is 1.39. The molecular weight excluding hydrogens is 222 g/mol. The van der Waals surface area contributed by atoms with Gasteiger partial charge in [0.25, 0.3) is 0 Å². The fourth-order valence-electron chi connectivity index (χ4n) is 1.77. The van der Waals surface area contributed by atoms with E-state index in [1.54, 1.807) is 0 Å². The summed E-state index contributed by atoms with van der Waals surface area (Å²) in [7, 11) is 1.81. The van der Waals surface area contributed by atoms with Crippen molar-refractivity contribution in [2.75, 3.05) is 13.6 Å². The topological polar surface area (TPSA) is 36.4 Å². The van der Waals surface area contributed by atoms with Gasteiger partial charge in [-0.1, -0.05) is 37.3 Å². The lowest BCUT2D eigenvalue weighted by Crippen LogP contribution is -2.42. The molecule has 100 valence electrons. The lowest BCUT2D eigenvalue weighted by Gasteiger charge is -2.17. The van der Waals surface area contributed by atoms with E-state index in [1.807, 2.05) is 7.05 Å². The van der Waals surface area contributed by atoms with Crippen molar-refractivity contribution in [1.29, 1.82) is 0 Å². The minimum Gasteiger partial charge on any atom is -0.356 e. The molecule has 0 saturated carbocycles. The third kappa shape index (κ3) is 5.71. The van der Waals surface area contributed by atoms with Gasteiger partial charge in [-0.15, -0.1) is 0 Å². The maximum atomic E-state index is 4.21. The largest absolute Gasteiger partial charge is 0.356 e. The second-order valence-corrected chi connectivity index (χ2v) is 4.57. The van der Waals surface area contributed by atoms with Crippen LogP contribution in [0, 0.1) is 0 Å². The Hall–Kier alpha value is -1.51. The third-order valence-electron chi connectivity index (χ3n) is 2.86. The van der Waals surface area contributed by atoms with Gasteiger partial charge in [0.2, 0.25) is 0 Å². The van der Waals surface area contributed by atoms with Gasteiger partial charge >= 0.3 is 0 Å². The molecule has 1 rings (SSSR count). The maximum absolute atomic E-state index is 4.21. The minimum atomic E-state index is 0.424. The molecule has 2 N–H and O–H groups in total. The fourth-order valence-corrected chi connectivity index (χ4v) is 1.77. The van der Waals surface area contributed by atoms with Crippen molar-refractivity contribution >= 4 is 5.96 Å². The van der Waals surface area contributed by atoms with Crippen molar-refractivity contribution in [3.63, 3.8) is 0 Å². The Morgan fingerprint density at radius 1 is 1.28 bits per heavy atom. The van der Waals surface area contributed by atoms with Crippen LogP contribution in [0.4, 0.5) is 0 Å². The van der Waals surface area contributed by atoms with Gasteiger partial charge in [0.15, 0.2) is 5.96 Å². The zero-order valence-corrected chi connectivity index (χ0v) is 11.7. The van der Waals surface area contributed by atoms with E-state index in [9.17, 15) is 0 Å². The van der Waals surface area contributed by atoms with Gasteiger partial charge in [0.05, 0.1) is 0 Å². The number of guanidine groups is 1. The summed E-state index contributed by atoms with van der Waals surface area (Å²) in [6, 6.07) is 11.0. The molecule has 0 aliphatic carbocycles. The van der Waals surface area contributed by atoms with Crippen molar-refractivity contribution in [2.24, 2.45) is 4.99 Å². The van der Waals surface area contributed by atoms with Crippen LogP contribution in [0.5, 0.6) is 0 Å². The number of rotatable bonds is 6. The number of hydrogen-bond donors (Lipinski definition) is 2. The smallest absolute Gasteiger partial charge is 0.191 e. The quantitative estimate of drug-likeness (QED) is 0.599. The summed E-state index contributed by atoms with van der Waals surface area (Å²) in [5.74, 6) is 0.900. The third-order valence-corrected chi connectivity index (χ3v) is 2.86. The highest BCUT2D eigenvalue weighted by Crippen LogP contribution is 2.04. The highest BCUT2D eigenvalue weighted by atomic mass is 15.2. The average Bonchev–Trinajstić information content (AvgIpc) is 2.42. The zero-order chi connectivity index (χ0) is 13.2. The average molecular weight is 247 g/mol. The second kappa shape index (κ2) is 8.56. The van der Waals surface area contributed by atoms with Crippen molar-refractivity contribution in [3.8, 4) is 0 Å². The molecule has 1 aromatic rings. The molecule has 1 aromatic carbocycles. The maximum Gasteiger partial charge on any atom is 0.191 e. The standard InChI is InChI=1S/C15H25N3/c1-4-12-17-15(16-3)18-13(2)10-11-14-8-6-5-7-9-14/h5-9,13H,4,10-12H2,1-3H3,(H2,16,17,18). The lowest BCUT2D eigenvalue weighted by atomic mass is 10.1. The monoisotopic (exact) mass is 247 g/mol. The molecule has 0 aliphatic heterocycles. The fraction of sp³-hybridized carbons (Fsp3) is 0.533. The zero-order valence-electron chi connectivity index (χ0n) is 11.7. The van der Waals surface area contributed by atoms with Crippen molar-refractivity contribution < 1.29 is 0 Å². The minimum absolute atomic E-state index is 0.424. The van der Waals surface area contributed by atoms with Crippen LogP contribution >= 0.6 is 0 Å². The Kier molecular flexibility index (Phi) is 6.92.